The van der Waals surface area contributed by atoms with Gasteiger partial charge in [0.15, 0.2) is 0 Å². The number of piperazine rings is 1. The molecule has 5 fully saturated rings. The Balaban J connectivity index is 1.06. The van der Waals surface area contributed by atoms with Crippen molar-refractivity contribution < 1.29 is 18.6 Å². The van der Waals surface area contributed by atoms with E-state index < -0.39 is 6.17 Å². The summed E-state index contributed by atoms with van der Waals surface area (Å²) in [5.41, 5.74) is 2.38. The molecule has 0 radical (unpaired) electrons. The number of rotatable bonds is 5. The second-order valence-corrected chi connectivity index (χ2v) is 14.6. The van der Waals surface area contributed by atoms with Crippen LogP contribution in [0.4, 0.5) is 20.3 Å². The topological polar surface area (TPSA) is 77.0 Å². The third-order valence-corrected chi connectivity index (χ3v) is 11.8. The maximum atomic E-state index is 15.2. The van der Waals surface area contributed by atoms with E-state index in [0.717, 1.165) is 43.0 Å². The minimum Gasteiger partial charge on any atom is -0.508 e. The number of alkyl halides is 1. The summed E-state index contributed by atoms with van der Waals surface area (Å²) >= 11 is 0. The van der Waals surface area contributed by atoms with Gasteiger partial charge in [0.05, 0.1) is 23.5 Å². The number of halogens is 2. The SMILES string of the molecule is Oc1cc(N2CCc3c(nc(OC[C@@]45C[C@@H](F)CN4[C@@H]4CCCC[C@@H]4C5)nc3N3CC4CCC(C3)N4)C2)c2c(F)cccc2c1. The number of benzene rings is 2. The summed E-state index contributed by atoms with van der Waals surface area (Å²) in [4.78, 5) is 17.1. The molecule has 6 atom stereocenters. The standard InChI is InChI=1S/C35H42F2N6O2/c36-23-15-35(14-22-4-1-2-7-30(22)43(35)16-23)20-45-34-39-29-19-41(31-13-26(44)12-21-5-3-6-28(37)32(21)31)11-10-27(29)33(40-34)42-17-24-8-9-25(18-42)38-24/h3,5-6,12-13,22-25,30,38,44H,1-2,4,7-11,14-20H2/t22-,23-,24?,25?,30-,35-/m1/s1. The minimum absolute atomic E-state index is 0.112. The van der Waals surface area contributed by atoms with Crippen molar-refractivity contribution in [2.45, 2.75) is 94.2 Å². The maximum Gasteiger partial charge on any atom is 0.318 e. The van der Waals surface area contributed by atoms with Crippen molar-refractivity contribution in [3.05, 3.63) is 47.4 Å². The van der Waals surface area contributed by atoms with Crippen LogP contribution < -0.4 is 19.9 Å². The van der Waals surface area contributed by atoms with E-state index in [-0.39, 0.29) is 17.1 Å². The van der Waals surface area contributed by atoms with Crippen LogP contribution in [0.3, 0.4) is 0 Å². The Morgan fingerprint density at radius 2 is 1.84 bits per heavy atom. The van der Waals surface area contributed by atoms with Crippen LogP contribution in [0, 0.1) is 11.7 Å². The van der Waals surface area contributed by atoms with Gasteiger partial charge >= 0.3 is 6.01 Å². The van der Waals surface area contributed by atoms with Gasteiger partial charge in [-0.3, -0.25) is 4.90 Å². The maximum absolute atomic E-state index is 15.2. The summed E-state index contributed by atoms with van der Waals surface area (Å²) in [6, 6.07) is 9.97. The molecule has 1 saturated carbocycles. The number of phenolic OH excluding ortho intramolecular Hbond substituents is 1. The number of nitrogens with zero attached hydrogens (tertiary/aromatic N) is 5. The summed E-state index contributed by atoms with van der Waals surface area (Å²) in [5, 5.41) is 15.5. The molecule has 0 spiro atoms. The van der Waals surface area contributed by atoms with Gasteiger partial charge in [-0.25, -0.2) is 8.78 Å². The molecule has 1 aromatic heterocycles. The number of ether oxygens (including phenoxy) is 1. The van der Waals surface area contributed by atoms with Crippen molar-refractivity contribution in [2.75, 3.05) is 42.6 Å². The van der Waals surface area contributed by atoms with Crippen molar-refractivity contribution >= 4 is 22.3 Å². The Labute approximate surface area is 262 Å². The molecule has 10 heteroatoms. The average Bonchev–Trinajstić information content (AvgIpc) is 3.65. The van der Waals surface area contributed by atoms with E-state index in [0.29, 0.717) is 85.6 Å². The first kappa shape index (κ1) is 28.0. The molecule has 6 aliphatic rings. The van der Waals surface area contributed by atoms with Crippen LogP contribution in [0.1, 0.15) is 62.6 Å². The molecule has 1 aliphatic carbocycles. The Kier molecular flexibility index (Phi) is 6.64. The number of aromatic nitrogens is 2. The number of hydrogen-bond acceptors (Lipinski definition) is 8. The monoisotopic (exact) mass is 616 g/mol. The minimum atomic E-state index is -0.820. The molecule has 5 aliphatic heterocycles. The van der Waals surface area contributed by atoms with E-state index in [9.17, 15) is 9.50 Å². The molecule has 8 nitrogen and oxygen atoms in total. The fraction of sp³-hybridized carbons (Fsp3) is 0.600. The van der Waals surface area contributed by atoms with E-state index in [1.54, 1.807) is 18.2 Å². The van der Waals surface area contributed by atoms with Gasteiger partial charge in [0.25, 0.3) is 0 Å². The molecule has 6 heterocycles. The summed E-state index contributed by atoms with van der Waals surface area (Å²) in [6.07, 6.45) is 8.62. The first-order chi connectivity index (χ1) is 21.9. The smallest absolute Gasteiger partial charge is 0.318 e. The van der Waals surface area contributed by atoms with Crippen LogP contribution in [0.5, 0.6) is 11.8 Å². The number of aromatic hydroxyl groups is 1. The van der Waals surface area contributed by atoms with Crippen molar-refractivity contribution in [2.24, 2.45) is 5.92 Å². The van der Waals surface area contributed by atoms with Crippen molar-refractivity contribution in [1.82, 2.24) is 20.2 Å². The van der Waals surface area contributed by atoms with Crippen LogP contribution in [-0.4, -0.2) is 82.6 Å². The molecule has 3 aromatic rings. The van der Waals surface area contributed by atoms with Crippen molar-refractivity contribution in [3.63, 3.8) is 0 Å². The Bertz CT molecular complexity index is 1630. The van der Waals surface area contributed by atoms with Gasteiger partial charge in [0, 0.05) is 67.7 Å². The first-order valence-electron chi connectivity index (χ1n) is 17.0. The molecule has 9 rings (SSSR count). The molecule has 2 unspecified atom stereocenters. The third kappa shape index (κ3) is 4.73. The van der Waals surface area contributed by atoms with Crippen LogP contribution in [0.15, 0.2) is 30.3 Å². The molecular weight excluding hydrogens is 574 g/mol. The number of nitrogens with one attached hydrogen (secondary N) is 1. The molecule has 238 valence electrons. The van der Waals surface area contributed by atoms with E-state index in [2.05, 4.69) is 20.0 Å². The molecule has 0 amide bonds. The Morgan fingerprint density at radius 1 is 1.00 bits per heavy atom. The van der Waals surface area contributed by atoms with Crippen LogP contribution in [0.2, 0.25) is 0 Å². The van der Waals surface area contributed by atoms with E-state index in [4.69, 9.17) is 14.7 Å². The largest absolute Gasteiger partial charge is 0.508 e. The second kappa shape index (κ2) is 10.7. The van der Waals surface area contributed by atoms with Gasteiger partial charge in [-0.2, -0.15) is 9.97 Å². The molecular formula is C35H42F2N6O2. The highest BCUT2D eigenvalue weighted by atomic mass is 19.1. The molecule has 45 heavy (non-hydrogen) atoms. The zero-order valence-corrected chi connectivity index (χ0v) is 25.7. The van der Waals surface area contributed by atoms with Gasteiger partial charge in [-0.1, -0.05) is 25.0 Å². The highest BCUT2D eigenvalue weighted by Crippen LogP contribution is 2.51. The number of anilines is 2. The van der Waals surface area contributed by atoms with Crippen LogP contribution >= 0.6 is 0 Å². The highest BCUT2D eigenvalue weighted by molar-refractivity contribution is 5.96. The molecule has 4 saturated heterocycles. The van der Waals surface area contributed by atoms with Crippen molar-refractivity contribution in [1.29, 1.82) is 0 Å². The van der Waals surface area contributed by atoms with Gasteiger partial charge in [-0.15, -0.1) is 0 Å². The molecule has 2 N–H and O–H groups in total. The lowest BCUT2D eigenvalue weighted by Gasteiger charge is -2.38. The second-order valence-electron chi connectivity index (χ2n) is 14.6. The quantitative estimate of drug-likeness (QED) is 0.410. The zero-order valence-electron chi connectivity index (χ0n) is 25.7. The normalized spacial score (nSPS) is 32.5. The van der Waals surface area contributed by atoms with Crippen LogP contribution in [-0.2, 0) is 13.0 Å². The predicted molar refractivity (Wildman–Crippen MR) is 169 cm³/mol. The van der Waals surface area contributed by atoms with Gasteiger partial charge in [-0.05, 0) is 62.0 Å². The average molecular weight is 617 g/mol. The van der Waals surface area contributed by atoms with E-state index in [1.165, 1.54) is 38.2 Å². The fourth-order valence-electron chi connectivity index (χ4n) is 9.90. The lowest BCUT2D eigenvalue weighted by Crippen LogP contribution is -2.52. The summed E-state index contributed by atoms with van der Waals surface area (Å²) in [6.45, 7) is 3.83. The van der Waals surface area contributed by atoms with Gasteiger partial charge in [0.2, 0.25) is 0 Å². The van der Waals surface area contributed by atoms with Gasteiger partial charge < -0.3 is 25.0 Å². The first-order valence-corrected chi connectivity index (χ1v) is 17.0. The molecule has 2 bridgehead atoms. The van der Waals surface area contributed by atoms with Gasteiger partial charge in [0.1, 0.15) is 30.2 Å². The Hall–Kier alpha value is -3.24. The summed E-state index contributed by atoms with van der Waals surface area (Å²) < 4.78 is 36.7. The van der Waals surface area contributed by atoms with E-state index >= 15 is 4.39 Å². The predicted octanol–water partition coefficient (Wildman–Crippen LogP) is 5.10. The third-order valence-electron chi connectivity index (χ3n) is 11.8. The van der Waals surface area contributed by atoms with Crippen molar-refractivity contribution in [3.8, 4) is 11.8 Å². The molecule has 2 aromatic carbocycles. The zero-order chi connectivity index (χ0) is 30.3. The summed E-state index contributed by atoms with van der Waals surface area (Å²) in [5.74, 6) is 1.38. The number of phenols is 1. The Morgan fingerprint density at radius 3 is 2.71 bits per heavy atom. The van der Waals surface area contributed by atoms with Crippen LogP contribution in [0.25, 0.3) is 10.8 Å². The lowest BCUT2D eigenvalue weighted by molar-refractivity contribution is 0.0772. The lowest BCUT2D eigenvalue weighted by atomic mass is 9.81. The number of hydrogen-bond donors (Lipinski definition) is 2. The number of fused-ring (bicyclic) bond motifs is 7. The highest BCUT2D eigenvalue weighted by Gasteiger charge is 2.57. The fourth-order valence-corrected chi connectivity index (χ4v) is 9.90. The summed E-state index contributed by atoms with van der Waals surface area (Å²) in [7, 11) is 0. The van der Waals surface area contributed by atoms with E-state index in [1.807, 2.05) is 6.07 Å².